The van der Waals surface area contributed by atoms with E-state index in [0.29, 0.717) is 0 Å². The molecule has 1 heterocycles. The molecule has 1 aromatic carbocycles. The summed E-state index contributed by atoms with van der Waals surface area (Å²) >= 11 is 0. The Bertz CT molecular complexity index is 690. The zero-order chi connectivity index (χ0) is 20.3. The van der Waals surface area contributed by atoms with Crippen LogP contribution in [0.2, 0.25) is 19.6 Å². The van der Waals surface area contributed by atoms with Crippen LogP contribution in [0.1, 0.15) is 33.3 Å². The summed E-state index contributed by atoms with van der Waals surface area (Å²) in [5.41, 5.74) is 1.16. The minimum absolute atomic E-state index is 0.0204. The Kier molecular flexibility index (Phi) is 7.15. The molecule has 0 aromatic heterocycles. The second-order valence-electron chi connectivity index (χ2n) is 7.84. The smallest absolute Gasteiger partial charge is 0.395 e. The number of ether oxygens (including phenoxy) is 1. The molecule has 27 heavy (non-hydrogen) atoms. The molecular formula is C20H33O5PSi. The fraction of sp³-hybridized carbons (Fsp3) is 0.600. The van der Waals surface area contributed by atoms with Gasteiger partial charge in [0.2, 0.25) is 11.3 Å². The average Bonchev–Trinajstić information content (AvgIpc) is 2.59. The minimum Gasteiger partial charge on any atom is -0.450 e. The van der Waals surface area contributed by atoms with Gasteiger partial charge < -0.3 is 18.2 Å². The van der Waals surface area contributed by atoms with Crippen LogP contribution in [0.25, 0.3) is 0 Å². The highest BCUT2D eigenvalue weighted by molar-refractivity contribution is 7.58. The van der Waals surface area contributed by atoms with E-state index in [1.165, 1.54) is 0 Å². The molecule has 1 aromatic rings. The molecule has 0 saturated heterocycles. The van der Waals surface area contributed by atoms with Crippen LogP contribution in [0.4, 0.5) is 0 Å². The second-order valence-corrected chi connectivity index (χ2v) is 14.2. The van der Waals surface area contributed by atoms with Gasteiger partial charge in [-0.25, -0.2) is 0 Å². The SMILES string of the molecule is CCOP(=O)(OCC)C1=C[C@H](C)[C@@H](C)[C@@](O[Si](C)(C)C)(c2ccccc2)O1. The van der Waals surface area contributed by atoms with E-state index < -0.39 is 21.7 Å². The van der Waals surface area contributed by atoms with Gasteiger partial charge in [-0.05, 0) is 45.5 Å². The minimum atomic E-state index is -3.55. The standard InChI is InChI=1S/C20H33O5PSi/c1-8-22-26(21,23-9-2)19-15-16(3)17(4)20(24-19,25-27(5,6)7)18-13-11-10-12-14-18/h10-17H,8-9H2,1-7H3/t16-,17+,20+/m0/s1. The third-order valence-corrected chi connectivity index (χ3v) is 7.44. The van der Waals surface area contributed by atoms with Crippen LogP contribution >= 0.6 is 7.60 Å². The van der Waals surface area contributed by atoms with Crippen molar-refractivity contribution in [2.75, 3.05) is 13.2 Å². The van der Waals surface area contributed by atoms with Crippen molar-refractivity contribution in [2.45, 2.75) is 53.1 Å². The third-order valence-electron chi connectivity index (χ3n) is 4.55. The first-order chi connectivity index (χ1) is 12.6. The fourth-order valence-electron chi connectivity index (χ4n) is 3.27. The summed E-state index contributed by atoms with van der Waals surface area (Å²) in [4.78, 5) is 0. The first-order valence-corrected chi connectivity index (χ1v) is 14.6. The van der Waals surface area contributed by atoms with E-state index >= 15 is 0 Å². The van der Waals surface area contributed by atoms with Gasteiger partial charge in [0.15, 0.2) is 8.32 Å². The monoisotopic (exact) mass is 412 g/mol. The molecule has 0 fully saturated rings. The van der Waals surface area contributed by atoms with E-state index in [1.54, 1.807) is 13.8 Å². The first-order valence-electron chi connectivity index (χ1n) is 9.64. The molecule has 0 spiro atoms. The van der Waals surface area contributed by atoms with Gasteiger partial charge in [0.25, 0.3) is 0 Å². The Balaban J connectivity index is 2.60. The molecule has 0 unspecified atom stereocenters. The summed E-state index contributed by atoms with van der Waals surface area (Å²) in [6.45, 7) is 14.7. The molecule has 7 heteroatoms. The molecule has 3 atom stereocenters. The predicted molar refractivity (Wildman–Crippen MR) is 111 cm³/mol. The Morgan fingerprint density at radius 1 is 1.07 bits per heavy atom. The van der Waals surface area contributed by atoms with E-state index in [-0.39, 0.29) is 30.5 Å². The highest BCUT2D eigenvalue weighted by Gasteiger charge is 2.52. The van der Waals surface area contributed by atoms with Gasteiger partial charge in [-0.3, -0.25) is 4.57 Å². The number of hydrogen-bond acceptors (Lipinski definition) is 5. The zero-order valence-electron chi connectivity index (χ0n) is 17.5. The van der Waals surface area contributed by atoms with Crippen LogP contribution in [0.3, 0.4) is 0 Å². The summed E-state index contributed by atoms with van der Waals surface area (Å²) in [5, 5.41) is 0. The molecule has 0 bridgehead atoms. The van der Waals surface area contributed by atoms with Crippen molar-refractivity contribution < 1.29 is 22.8 Å². The molecule has 1 aliphatic rings. The van der Waals surface area contributed by atoms with Crippen molar-refractivity contribution in [3.8, 4) is 0 Å². The largest absolute Gasteiger partial charge is 0.450 e. The average molecular weight is 413 g/mol. The van der Waals surface area contributed by atoms with Crippen LogP contribution in [0.15, 0.2) is 41.9 Å². The number of benzene rings is 1. The summed E-state index contributed by atoms with van der Waals surface area (Å²) in [7, 11) is -5.57. The maximum absolute atomic E-state index is 13.4. The summed E-state index contributed by atoms with van der Waals surface area (Å²) in [6, 6.07) is 9.89. The number of hydrogen-bond donors (Lipinski definition) is 0. The normalized spacial score (nSPS) is 26.4. The Labute approximate surface area is 164 Å². The lowest BCUT2D eigenvalue weighted by Gasteiger charge is -2.48. The molecule has 0 saturated carbocycles. The lowest BCUT2D eigenvalue weighted by molar-refractivity contribution is -0.217. The maximum Gasteiger partial charge on any atom is 0.395 e. The maximum atomic E-state index is 13.4. The second kappa shape index (κ2) is 8.62. The Morgan fingerprint density at radius 3 is 2.11 bits per heavy atom. The molecule has 152 valence electrons. The van der Waals surface area contributed by atoms with Crippen molar-refractivity contribution in [3.05, 3.63) is 47.5 Å². The first kappa shape index (κ1) is 22.4. The molecule has 2 rings (SSSR count). The lowest BCUT2D eigenvalue weighted by Crippen LogP contribution is -2.50. The summed E-state index contributed by atoms with van der Waals surface area (Å²) < 4.78 is 37.6. The van der Waals surface area contributed by atoms with E-state index in [0.717, 1.165) is 5.56 Å². The van der Waals surface area contributed by atoms with Gasteiger partial charge in [-0.2, -0.15) is 0 Å². The Hall–Kier alpha value is -0.913. The molecule has 0 amide bonds. The quantitative estimate of drug-likeness (QED) is 0.381. The highest BCUT2D eigenvalue weighted by Crippen LogP contribution is 2.62. The van der Waals surface area contributed by atoms with Gasteiger partial charge in [0.05, 0.1) is 13.2 Å². The lowest BCUT2D eigenvalue weighted by atomic mass is 9.82. The number of allylic oxidation sites excluding steroid dienone is 1. The molecule has 0 aliphatic carbocycles. The Morgan fingerprint density at radius 2 is 1.63 bits per heavy atom. The van der Waals surface area contributed by atoms with Crippen molar-refractivity contribution in [1.29, 1.82) is 0 Å². The van der Waals surface area contributed by atoms with Crippen molar-refractivity contribution >= 4 is 15.9 Å². The fourth-order valence-corrected chi connectivity index (χ4v) is 6.20. The highest BCUT2D eigenvalue weighted by atomic mass is 31.2. The van der Waals surface area contributed by atoms with Gasteiger partial charge >= 0.3 is 7.60 Å². The van der Waals surface area contributed by atoms with Crippen molar-refractivity contribution in [3.63, 3.8) is 0 Å². The zero-order valence-corrected chi connectivity index (χ0v) is 19.4. The topological polar surface area (TPSA) is 54.0 Å². The van der Waals surface area contributed by atoms with E-state index in [1.807, 2.05) is 36.4 Å². The van der Waals surface area contributed by atoms with Crippen LogP contribution in [-0.2, 0) is 28.6 Å². The third kappa shape index (κ3) is 4.93. The van der Waals surface area contributed by atoms with E-state index in [2.05, 4.69) is 33.5 Å². The van der Waals surface area contributed by atoms with Crippen molar-refractivity contribution in [2.24, 2.45) is 11.8 Å². The molecular weight excluding hydrogens is 379 g/mol. The van der Waals surface area contributed by atoms with Crippen molar-refractivity contribution in [1.82, 2.24) is 0 Å². The van der Waals surface area contributed by atoms with Gasteiger partial charge in [0, 0.05) is 11.5 Å². The van der Waals surface area contributed by atoms with Crippen LogP contribution < -0.4 is 0 Å². The van der Waals surface area contributed by atoms with Crippen LogP contribution in [0, 0.1) is 11.8 Å². The summed E-state index contributed by atoms with van der Waals surface area (Å²) in [6.07, 6.45) is 1.87. The van der Waals surface area contributed by atoms with Gasteiger partial charge in [-0.15, -0.1) is 0 Å². The van der Waals surface area contributed by atoms with Crippen LogP contribution in [0.5, 0.6) is 0 Å². The number of rotatable bonds is 8. The molecule has 0 N–H and O–H groups in total. The van der Waals surface area contributed by atoms with Crippen LogP contribution in [-0.4, -0.2) is 21.5 Å². The molecule has 5 nitrogen and oxygen atoms in total. The van der Waals surface area contributed by atoms with Gasteiger partial charge in [-0.1, -0.05) is 44.2 Å². The summed E-state index contributed by atoms with van der Waals surface area (Å²) in [5.74, 6) is -0.939. The predicted octanol–water partition coefficient (Wildman–Crippen LogP) is 6.10. The van der Waals surface area contributed by atoms with E-state index in [9.17, 15) is 4.57 Å². The molecule has 0 radical (unpaired) electrons. The van der Waals surface area contributed by atoms with E-state index in [4.69, 9.17) is 18.2 Å². The molecule has 1 aliphatic heterocycles. The van der Waals surface area contributed by atoms with Gasteiger partial charge in [0.1, 0.15) is 0 Å².